The van der Waals surface area contributed by atoms with E-state index in [9.17, 15) is 9.59 Å². The van der Waals surface area contributed by atoms with Crippen LogP contribution < -0.4 is 5.32 Å². The highest BCUT2D eigenvalue weighted by atomic mass is 16.4. The highest BCUT2D eigenvalue weighted by Gasteiger charge is 2.27. The summed E-state index contributed by atoms with van der Waals surface area (Å²) in [5, 5.41) is 12.0. The summed E-state index contributed by atoms with van der Waals surface area (Å²) >= 11 is 0. The van der Waals surface area contributed by atoms with Crippen molar-refractivity contribution in [2.75, 3.05) is 0 Å². The second-order valence-corrected chi connectivity index (χ2v) is 5.22. The first kappa shape index (κ1) is 12.0. The Labute approximate surface area is 111 Å². The van der Waals surface area contributed by atoms with Gasteiger partial charge in [0.05, 0.1) is 5.56 Å². The summed E-state index contributed by atoms with van der Waals surface area (Å²) in [5.41, 5.74) is 2.25. The Balaban J connectivity index is 1.69. The maximum atomic E-state index is 12.0. The fourth-order valence-corrected chi connectivity index (χ4v) is 2.49. The first-order valence-electron chi connectivity index (χ1n) is 6.54. The van der Waals surface area contributed by atoms with Crippen molar-refractivity contribution in [2.45, 2.75) is 38.4 Å². The number of carboxylic acid groups (broad SMARTS) is 1. The van der Waals surface area contributed by atoms with Crippen LogP contribution >= 0.6 is 0 Å². The van der Waals surface area contributed by atoms with Crippen LogP contribution in [-0.4, -0.2) is 28.0 Å². The molecule has 5 nitrogen and oxygen atoms in total. The van der Waals surface area contributed by atoms with Crippen LogP contribution in [0.1, 0.15) is 40.7 Å². The number of carbonyl (C=O) groups excluding carboxylic acids is 1. The van der Waals surface area contributed by atoms with Gasteiger partial charge in [-0.3, -0.25) is 0 Å². The quantitative estimate of drug-likeness (QED) is 0.854. The van der Waals surface area contributed by atoms with E-state index >= 15 is 0 Å². The van der Waals surface area contributed by atoms with Crippen molar-refractivity contribution in [3.05, 3.63) is 34.9 Å². The second kappa shape index (κ2) is 4.57. The summed E-state index contributed by atoms with van der Waals surface area (Å²) in [5.74, 6) is -0.930. The largest absolute Gasteiger partial charge is 0.478 e. The summed E-state index contributed by atoms with van der Waals surface area (Å²) in [6, 6.07) is 5.33. The number of urea groups is 1. The van der Waals surface area contributed by atoms with Crippen LogP contribution in [0.3, 0.4) is 0 Å². The molecule has 3 rings (SSSR count). The lowest BCUT2D eigenvalue weighted by Crippen LogP contribution is -2.45. The lowest BCUT2D eigenvalue weighted by Gasteiger charge is -2.28. The van der Waals surface area contributed by atoms with Gasteiger partial charge in [0.2, 0.25) is 0 Å². The molecular weight excluding hydrogens is 244 g/mol. The number of hydrogen-bond acceptors (Lipinski definition) is 2. The SMILES string of the molecule is O=C(O)c1ccc2c(c1)CN(C(=O)NC1CCC1)C2. The molecule has 0 spiro atoms. The standard InChI is InChI=1S/C14H16N2O3/c17-13(18)9-4-5-10-7-16(8-11(10)6-9)14(19)15-12-2-1-3-12/h4-6,12H,1-3,7-8H2,(H,15,19)(H,17,18). The van der Waals surface area contributed by atoms with Crippen LogP contribution in [-0.2, 0) is 13.1 Å². The van der Waals surface area contributed by atoms with Crippen molar-refractivity contribution in [3.8, 4) is 0 Å². The Morgan fingerprint density at radius 2 is 1.95 bits per heavy atom. The molecule has 0 atom stereocenters. The average molecular weight is 260 g/mol. The molecule has 1 aliphatic carbocycles. The molecule has 0 aromatic heterocycles. The summed E-state index contributed by atoms with van der Waals surface area (Å²) in [7, 11) is 0. The monoisotopic (exact) mass is 260 g/mol. The number of aromatic carboxylic acids is 1. The first-order valence-corrected chi connectivity index (χ1v) is 6.54. The Hall–Kier alpha value is -2.04. The molecule has 0 saturated heterocycles. The minimum Gasteiger partial charge on any atom is -0.478 e. The van der Waals surface area contributed by atoms with Crippen molar-refractivity contribution < 1.29 is 14.7 Å². The third kappa shape index (κ3) is 2.28. The highest BCUT2D eigenvalue weighted by molar-refractivity contribution is 5.88. The van der Waals surface area contributed by atoms with Gasteiger partial charge in [-0.2, -0.15) is 0 Å². The van der Waals surface area contributed by atoms with Crippen molar-refractivity contribution in [1.29, 1.82) is 0 Å². The minimum absolute atomic E-state index is 0.0437. The zero-order valence-corrected chi connectivity index (χ0v) is 10.6. The summed E-state index contributed by atoms with van der Waals surface area (Å²) < 4.78 is 0. The molecule has 100 valence electrons. The van der Waals surface area contributed by atoms with Gasteiger partial charge in [-0.1, -0.05) is 6.07 Å². The second-order valence-electron chi connectivity index (χ2n) is 5.22. The van der Waals surface area contributed by atoms with E-state index in [-0.39, 0.29) is 11.6 Å². The molecule has 0 unspecified atom stereocenters. The molecule has 1 saturated carbocycles. The van der Waals surface area contributed by atoms with E-state index in [1.165, 1.54) is 6.42 Å². The zero-order valence-electron chi connectivity index (χ0n) is 10.6. The van der Waals surface area contributed by atoms with Crippen LogP contribution in [0.2, 0.25) is 0 Å². The van der Waals surface area contributed by atoms with E-state index in [0.717, 1.165) is 24.0 Å². The van der Waals surface area contributed by atoms with Crippen LogP contribution in [0.15, 0.2) is 18.2 Å². The first-order chi connectivity index (χ1) is 9.13. The number of rotatable bonds is 2. The van der Waals surface area contributed by atoms with Crippen LogP contribution in [0.25, 0.3) is 0 Å². The van der Waals surface area contributed by atoms with E-state index in [1.54, 1.807) is 23.1 Å². The third-order valence-corrected chi connectivity index (χ3v) is 3.90. The molecule has 2 N–H and O–H groups in total. The number of carbonyl (C=O) groups is 2. The van der Waals surface area contributed by atoms with E-state index in [1.807, 2.05) is 0 Å². The number of nitrogens with zero attached hydrogens (tertiary/aromatic N) is 1. The number of benzene rings is 1. The molecule has 1 aromatic rings. The normalized spacial score (nSPS) is 17.8. The Morgan fingerprint density at radius 1 is 1.21 bits per heavy atom. The predicted octanol–water partition coefficient (Wildman–Crippen LogP) is 1.96. The molecule has 1 heterocycles. The zero-order chi connectivity index (χ0) is 13.4. The Bertz CT molecular complexity index is 537. The summed E-state index contributed by atoms with van der Waals surface area (Å²) in [6.45, 7) is 1.06. The highest BCUT2D eigenvalue weighted by Crippen LogP contribution is 2.25. The molecular formula is C14H16N2O3. The van der Waals surface area contributed by atoms with Gasteiger partial charge in [0.25, 0.3) is 0 Å². The van der Waals surface area contributed by atoms with Gasteiger partial charge in [-0.15, -0.1) is 0 Å². The van der Waals surface area contributed by atoms with Crippen LogP contribution in [0.4, 0.5) is 4.79 Å². The average Bonchev–Trinajstić information content (AvgIpc) is 2.76. The number of carboxylic acids is 1. The number of nitrogens with one attached hydrogen (secondary N) is 1. The van der Waals surface area contributed by atoms with Gasteiger partial charge < -0.3 is 15.3 Å². The topological polar surface area (TPSA) is 69.6 Å². The van der Waals surface area contributed by atoms with Crippen molar-refractivity contribution in [3.63, 3.8) is 0 Å². The van der Waals surface area contributed by atoms with Crippen molar-refractivity contribution >= 4 is 12.0 Å². The van der Waals surface area contributed by atoms with Gasteiger partial charge in [-0.25, -0.2) is 9.59 Å². The van der Waals surface area contributed by atoms with E-state index in [2.05, 4.69) is 5.32 Å². The number of hydrogen-bond donors (Lipinski definition) is 2. The Morgan fingerprint density at radius 3 is 2.58 bits per heavy atom. The van der Waals surface area contributed by atoms with E-state index in [0.29, 0.717) is 19.1 Å². The maximum Gasteiger partial charge on any atom is 0.335 e. The molecule has 0 radical (unpaired) electrons. The summed E-state index contributed by atoms with van der Waals surface area (Å²) in [4.78, 5) is 24.7. The van der Waals surface area contributed by atoms with Crippen molar-refractivity contribution in [1.82, 2.24) is 10.2 Å². The number of fused-ring (bicyclic) bond motifs is 1. The lowest BCUT2D eigenvalue weighted by atomic mass is 9.93. The fraction of sp³-hybridized carbons (Fsp3) is 0.429. The van der Waals surface area contributed by atoms with Gasteiger partial charge in [0, 0.05) is 19.1 Å². The third-order valence-electron chi connectivity index (χ3n) is 3.90. The molecule has 19 heavy (non-hydrogen) atoms. The van der Waals surface area contributed by atoms with Crippen LogP contribution in [0, 0.1) is 0 Å². The lowest BCUT2D eigenvalue weighted by molar-refractivity contribution is 0.0696. The van der Waals surface area contributed by atoms with Gasteiger partial charge in [0.1, 0.15) is 0 Å². The number of amides is 2. The molecule has 1 fully saturated rings. The summed E-state index contributed by atoms with van der Waals surface area (Å²) in [6.07, 6.45) is 3.32. The van der Waals surface area contributed by atoms with E-state index < -0.39 is 5.97 Å². The molecule has 2 amide bonds. The molecule has 2 aliphatic rings. The molecule has 1 aromatic carbocycles. The van der Waals surface area contributed by atoms with Crippen molar-refractivity contribution in [2.24, 2.45) is 0 Å². The molecule has 1 aliphatic heterocycles. The van der Waals surface area contributed by atoms with Crippen LogP contribution in [0.5, 0.6) is 0 Å². The molecule has 5 heteroatoms. The Kier molecular flexibility index (Phi) is 2.89. The van der Waals surface area contributed by atoms with Gasteiger partial charge in [0.15, 0.2) is 0 Å². The fourth-order valence-electron chi connectivity index (χ4n) is 2.49. The predicted molar refractivity (Wildman–Crippen MR) is 68.8 cm³/mol. The maximum absolute atomic E-state index is 12.0. The minimum atomic E-state index is -0.930. The smallest absolute Gasteiger partial charge is 0.335 e. The van der Waals surface area contributed by atoms with E-state index in [4.69, 9.17) is 5.11 Å². The van der Waals surface area contributed by atoms with Gasteiger partial charge >= 0.3 is 12.0 Å². The molecule has 0 bridgehead atoms. The van der Waals surface area contributed by atoms with Gasteiger partial charge in [-0.05, 0) is 42.5 Å².